The normalized spacial score (nSPS) is 15.8. The van der Waals surface area contributed by atoms with E-state index >= 15 is 4.39 Å². The molecule has 1 fully saturated rings. The van der Waals surface area contributed by atoms with Gasteiger partial charge < -0.3 is 19.5 Å². The molecule has 4 rings (SSSR count). The molecule has 0 bridgehead atoms. The van der Waals surface area contributed by atoms with E-state index in [0.29, 0.717) is 5.56 Å². The molecule has 33 heavy (non-hydrogen) atoms. The van der Waals surface area contributed by atoms with Crippen LogP contribution in [0.3, 0.4) is 0 Å². The third kappa shape index (κ3) is 4.18. The summed E-state index contributed by atoms with van der Waals surface area (Å²) in [5.74, 6) is -4.97. The van der Waals surface area contributed by atoms with Gasteiger partial charge in [-0.15, -0.1) is 0 Å². The lowest BCUT2D eigenvalue weighted by molar-refractivity contribution is -0.385. The number of nitro groups is 1. The van der Waals surface area contributed by atoms with Crippen LogP contribution in [0.15, 0.2) is 24.3 Å². The summed E-state index contributed by atoms with van der Waals surface area (Å²) < 4.78 is 40.8. The third-order valence-corrected chi connectivity index (χ3v) is 5.77. The molecule has 11 heteroatoms. The van der Waals surface area contributed by atoms with Crippen LogP contribution < -0.4 is 9.47 Å². The molecule has 2 aliphatic rings. The number of benzene rings is 2. The first-order valence-electron chi connectivity index (χ1n) is 10.2. The van der Waals surface area contributed by atoms with Crippen molar-refractivity contribution in [2.45, 2.75) is 31.8 Å². The zero-order chi connectivity index (χ0) is 23.9. The van der Waals surface area contributed by atoms with Crippen molar-refractivity contribution < 1.29 is 37.9 Å². The number of carboxylic acids is 1. The number of amides is 1. The fourth-order valence-electron chi connectivity index (χ4n) is 3.97. The van der Waals surface area contributed by atoms with Crippen LogP contribution in [0.5, 0.6) is 11.5 Å². The van der Waals surface area contributed by atoms with Crippen molar-refractivity contribution in [2.75, 3.05) is 13.7 Å². The van der Waals surface area contributed by atoms with Crippen LogP contribution in [0, 0.1) is 27.7 Å². The van der Waals surface area contributed by atoms with Gasteiger partial charge in [0.2, 0.25) is 5.75 Å². The number of ether oxygens (including phenoxy) is 2. The van der Waals surface area contributed by atoms with E-state index in [0.717, 1.165) is 37.0 Å². The van der Waals surface area contributed by atoms with Crippen LogP contribution in [0.1, 0.15) is 46.8 Å². The average molecular weight is 462 g/mol. The SMILES string of the molecule is COc1c(F)cc(C(CC(=O)O)N2Cc3cccc([N+](=O)[O-])c3C2=O)c(F)c1OCC1CC1. The molecule has 1 unspecified atom stereocenters. The number of nitro benzene ring substituents is 1. The summed E-state index contributed by atoms with van der Waals surface area (Å²) in [6.07, 6.45) is 1.04. The number of halogens is 2. The van der Waals surface area contributed by atoms with Gasteiger partial charge in [0.05, 0.1) is 31.1 Å². The lowest BCUT2D eigenvalue weighted by atomic mass is 10.00. The number of carboxylic acid groups (broad SMARTS) is 1. The highest BCUT2D eigenvalue weighted by atomic mass is 19.1. The fraction of sp³-hybridized carbons (Fsp3) is 0.364. The smallest absolute Gasteiger partial charge is 0.305 e. The lowest BCUT2D eigenvalue weighted by Crippen LogP contribution is -2.32. The molecule has 0 aromatic heterocycles. The van der Waals surface area contributed by atoms with E-state index in [4.69, 9.17) is 9.47 Å². The van der Waals surface area contributed by atoms with E-state index in [1.807, 2.05) is 0 Å². The first-order valence-corrected chi connectivity index (χ1v) is 10.2. The number of nitrogens with zero attached hydrogens (tertiary/aromatic N) is 2. The van der Waals surface area contributed by atoms with E-state index in [1.165, 1.54) is 12.1 Å². The predicted molar refractivity (Wildman–Crippen MR) is 109 cm³/mol. The molecule has 1 atom stereocenters. The Kier molecular flexibility index (Phi) is 5.88. The Labute approximate surface area is 186 Å². The van der Waals surface area contributed by atoms with Gasteiger partial charge in [-0.25, -0.2) is 8.78 Å². The summed E-state index contributed by atoms with van der Waals surface area (Å²) in [7, 11) is 1.15. The van der Waals surface area contributed by atoms with Crippen LogP contribution in [0.4, 0.5) is 14.5 Å². The highest BCUT2D eigenvalue weighted by Gasteiger charge is 2.41. The molecule has 1 amide bonds. The summed E-state index contributed by atoms with van der Waals surface area (Å²) in [5, 5.41) is 20.8. The Balaban J connectivity index is 1.78. The summed E-state index contributed by atoms with van der Waals surface area (Å²) in [6.45, 7) is -0.0564. The summed E-state index contributed by atoms with van der Waals surface area (Å²) in [5.41, 5.74) is -0.754. The number of fused-ring (bicyclic) bond motifs is 1. The van der Waals surface area contributed by atoms with Gasteiger partial charge in [0.15, 0.2) is 17.4 Å². The molecule has 1 aliphatic carbocycles. The number of rotatable bonds is 9. The first-order chi connectivity index (χ1) is 15.7. The summed E-state index contributed by atoms with van der Waals surface area (Å²) in [4.78, 5) is 36.4. The molecule has 0 saturated heterocycles. The molecular weight excluding hydrogens is 442 g/mol. The van der Waals surface area contributed by atoms with Crippen molar-refractivity contribution >= 4 is 17.6 Å². The molecular formula is C22H20F2N2O7. The van der Waals surface area contributed by atoms with Crippen LogP contribution in [0.25, 0.3) is 0 Å². The Morgan fingerprint density at radius 1 is 1.33 bits per heavy atom. The molecule has 1 N–H and O–H groups in total. The largest absolute Gasteiger partial charge is 0.490 e. The van der Waals surface area contributed by atoms with Crippen molar-refractivity contribution in [2.24, 2.45) is 5.92 Å². The van der Waals surface area contributed by atoms with E-state index in [-0.39, 0.29) is 24.6 Å². The van der Waals surface area contributed by atoms with E-state index in [1.54, 1.807) is 0 Å². The number of aliphatic carboxylic acids is 1. The summed E-state index contributed by atoms with van der Waals surface area (Å²) >= 11 is 0. The van der Waals surface area contributed by atoms with Gasteiger partial charge in [0.1, 0.15) is 5.56 Å². The van der Waals surface area contributed by atoms with Crippen LogP contribution >= 0.6 is 0 Å². The molecule has 1 heterocycles. The van der Waals surface area contributed by atoms with E-state index < -0.39 is 63.6 Å². The minimum absolute atomic E-state index is 0.139. The van der Waals surface area contributed by atoms with Gasteiger partial charge in [0.25, 0.3) is 11.6 Å². The number of carbonyl (C=O) groups excluding carboxylic acids is 1. The second kappa shape index (κ2) is 8.64. The highest BCUT2D eigenvalue weighted by Crippen LogP contribution is 2.43. The minimum Gasteiger partial charge on any atom is -0.490 e. The van der Waals surface area contributed by atoms with Gasteiger partial charge in [-0.1, -0.05) is 12.1 Å². The fourth-order valence-corrected chi connectivity index (χ4v) is 3.97. The molecule has 174 valence electrons. The van der Waals surface area contributed by atoms with E-state index in [9.17, 15) is 29.2 Å². The number of hydrogen-bond donors (Lipinski definition) is 1. The maximum Gasteiger partial charge on any atom is 0.305 e. The number of carbonyl (C=O) groups is 2. The Morgan fingerprint density at radius 2 is 2.06 bits per heavy atom. The van der Waals surface area contributed by atoms with Gasteiger partial charge in [-0.05, 0) is 30.4 Å². The Morgan fingerprint density at radius 3 is 2.67 bits per heavy atom. The molecule has 0 radical (unpaired) electrons. The zero-order valence-electron chi connectivity index (χ0n) is 17.5. The number of hydrogen-bond acceptors (Lipinski definition) is 6. The Bertz CT molecular complexity index is 1150. The topological polar surface area (TPSA) is 119 Å². The zero-order valence-corrected chi connectivity index (χ0v) is 17.5. The van der Waals surface area contributed by atoms with Crippen molar-refractivity contribution in [3.63, 3.8) is 0 Å². The molecule has 2 aromatic carbocycles. The van der Waals surface area contributed by atoms with Gasteiger partial charge in [0, 0.05) is 18.2 Å². The van der Waals surface area contributed by atoms with Crippen molar-refractivity contribution in [3.05, 3.63) is 62.7 Å². The summed E-state index contributed by atoms with van der Waals surface area (Å²) in [6, 6.07) is 3.39. The Hall–Kier alpha value is -3.76. The molecule has 1 saturated carbocycles. The van der Waals surface area contributed by atoms with Gasteiger partial charge in [-0.3, -0.25) is 19.7 Å². The van der Waals surface area contributed by atoms with Crippen LogP contribution in [-0.2, 0) is 11.3 Å². The average Bonchev–Trinajstić information content (AvgIpc) is 3.54. The minimum atomic E-state index is -1.44. The van der Waals surface area contributed by atoms with Gasteiger partial charge >= 0.3 is 5.97 Å². The van der Waals surface area contributed by atoms with Crippen molar-refractivity contribution in [1.29, 1.82) is 0 Å². The maximum atomic E-state index is 15.6. The standard InChI is InChI=1S/C22H20F2N2O7/c1-32-20-14(23)7-13(19(24)21(20)33-10-11-5-6-11)16(8-17(27)28)25-9-12-3-2-4-15(26(30)31)18(12)22(25)29/h2-4,7,11,16H,5-6,8-10H2,1H3,(H,27,28). The highest BCUT2D eigenvalue weighted by molar-refractivity contribution is 6.02. The van der Waals surface area contributed by atoms with Gasteiger partial charge in [-0.2, -0.15) is 0 Å². The molecule has 1 aliphatic heterocycles. The third-order valence-electron chi connectivity index (χ3n) is 5.77. The van der Waals surface area contributed by atoms with Crippen LogP contribution in [0.2, 0.25) is 0 Å². The monoisotopic (exact) mass is 462 g/mol. The first kappa shape index (κ1) is 22.4. The molecule has 2 aromatic rings. The maximum absolute atomic E-state index is 15.6. The van der Waals surface area contributed by atoms with E-state index in [2.05, 4.69) is 0 Å². The predicted octanol–water partition coefficient (Wildman–Crippen LogP) is 3.84. The second-order valence-electron chi connectivity index (χ2n) is 7.99. The molecule has 9 nitrogen and oxygen atoms in total. The number of methoxy groups -OCH3 is 1. The lowest BCUT2D eigenvalue weighted by Gasteiger charge is -2.28. The van der Waals surface area contributed by atoms with Crippen molar-refractivity contribution in [1.82, 2.24) is 4.90 Å². The second-order valence-corrected chi connectivity index (χ2v) is 7.99. The molecule has 0 spiro atoms. The quantitative estimate of drug-likeness (QED) is 0.444. The van der Waals surface area contributed by atoms with Crippen molar-refractivity contribution in [3.8, 4) is 11.5 Å². The van der Waals surface area contributed by atoms with Crippen LogP contribution in [-0.4, -0.2) is 40.5 Å².